The third kappa shape index (κ3) is 7.77. The van der Waals surface area contributed by atoms with Gasteiger partial charge in [-0.1, -0.05) is 12.8 Å². The first-order chi connectivity index (χ1) is 21.1. The van der Waals surface area contributed by atoms with Crippen molar-refractivity contribution >= 4 is 41.1 Å². The number of piperazine rings is 1. The number of hydrogen-bond donors (Lipinski definition) is 3. The molecule has 2 unspecified atom stereocenters. The molecule has 3 aromatic rings. The zero-order valence-electron chi connectivity index (χ0n) is 25.2. The number of rotatable bonds is 7. The predicted molar refractivity (Wildman–Crippen MR) is 165 cm³/mol. The summed E-state index contributed by atoms with van der Waals surface area (Å²) in [5, 5.41) is 15.8. The zero-order valence-corrected chi connectivity index (χ0v) is 25.2. The number of hydrogen-bond acceptors (Lipinski definition) is 10. The second-order valence-electron chi connectivity index (χ2n) is 12.0. The second-order valence-corrected chi connectivity index (χ2v) is 12.0. The molecule has 3 aromatic heterocycles. The van der Waals surface area contributed by atoms with E-state index in [1.807, 2.05) is 32.9 Å². The number of amides is 2. The molecule has 0 aromatic carbocycles. The van der Waals surface area contributed by atoms with E-state index in [-0.39, 0.29) is 12.0 Å². The van der Waals surface area contributed by atoms with E-state index in [4.69, 9.17) is 9.72 Å². The van der Waals surface area contributed by atoms with Crippen LogP contribution in [0.15, 0.2) is 49.1 Å². The molecule has 1 saturated carbocycles. The first-order valence-electron chi connectivity index (χ1n) is 14.8. The summed E-state index contributed by atoms with van der Waals surface area (Å²) in [5.74, 6) is -0.939. The summed E-state index contributed by atoms with van der Waals surface area (Å²) in [5.41, 5.74) is 1.26. The van der Waals surface area contributed by atoms with E-state index in [0.717, 1.165) is 24.2 Å². The van der Waals surface area contributed by atoms with Crippen molar-refractivity contribution in [3.8, 4) is 11.3 Å². The standard InChI is InChI=1S/C31H38N8O5/c1-31(2,3)44-30(43)39-14-12-38(13-15-39)27-16-20(8-9-34-27)24-17-21(18-25(36-24)37-26-19-32-10-11-33-26)35-28(40)22-6-4-5-7-23(22)29(41)42/h8-11,16-19,22-23H,4-7,12-15H2,1-3H3,(H,41,42)(H2,33,35,36,37,40). The SMILES string of the molecule is CC(C)(C)OC(=O)N1CCN(c2cc(-c3cc(NC(=O)C4CCCCC4C(=O)O)cc(Nc4cnccn4)n3)ccn2)CC1. The molecule has 0 bridgehead atoms. The van der Waals surface area contributed by atoms with Crippen LogP contribution in [0, 0.1) is 11.8 Å². The van der Waals surface area contributed by atoms with Crippen molar-refractivity contribution in [1.82, 2.24) is 24.8 Å². The lowest BCUT2D eigenvalue weighted by Gasteiger charge is -2.36. The van der Waals surface area contributed by atoms with E-state index in [1.165, 1.54) is 0 Å². The molecule has 0 radical (unpaired) electrons. The average molecular weight is 603 g/mol. The molecule has 4 heterocycles. The average Bonchev–Trinajstić information content (AvgIpc) is 3.01. The number of pyridine rings is 2. The van der Waals surface area contributed by atoms with Crippen LogP contribution in [0.5, 0.6) is 0 Å². The van der Waals surface area contributed by atoms with E-state index >= 15 is 0 Å². The fourth-order valence-electron chi connectivity index (χ4n) is 5.48. The maximum Gasteiger partial charge on any atom is 0.410 e. The van der Waals surface area contributed by atoms with E-state index in [9.17, 15) is 19.5 Å². The Labute approximate surface area is 256 Å². The maximum atomic E-state index is 13.3. The highest BCUT2D eigenvalue weighted by molar-refractivity contribution is 5.96. The smallest absolute Gasteiger partial charge is 0.410 e. The third-order valence-corrected chi connectivity index (χ3v) is 7.63. The van der Waals surface area contributed by atoms with Crippen LogP contribution in [0.1, 0.15) is 46.5 Å². The van der Waals surface area contributed by atoms with Gasteiger partial charge in [-0.2, -0.15) is 0 Å². The van der Waals surface area contributed by atoms with Crippen LogP contribution in [0.25, 0.3) is 11.3 Å². The van der Waals surface area contributed by atoms with Crippen molar-refractivity contribution < 1.29 is 24.2 Å². The summed E-state index contributed by atoms with van der Waals surface area (Å²) in [6.45, 7) is 7.73. The van der Waals surface area contributed by atoms with Gasteiger partial charge in [0.1, 0.15) is 23.1 Å². The number of anilines is 4. The first kappa shape index (κ1) is 30.6. The number of carboxylic acids is 1. The zero-order chi connectivity index (χ0) is 31.3. The van der Waals surface area contributed by atoms with Crippen molar-refractivity contribution in [3.63, 3.8) is 0 Å². The monoisotopic (exact) mass is 602 g/mol. The van der Waals surface area contributed by atoms with Gasteiger partial charge in [-0.25, -0.2) is 19.7 Å². The van der Waals surface area contributed by atoms with E-state index < -0.39 is 23.4 Å². The Balaban J connectivity index is 1.37. The first-order valence-corrected chi connectivity index (χ1v) is 14.8. The molecule has 13 heteroatoms. The van der Waals surface area contributed by atoms with Gasteiger partial charge in [-0.3, -0.25) is 14.6 Å². The summed E-state index contributed by atoms with van der Waals surface area (Å²) in [6.07, 6.45) is 8.69. The molecule has 5 rings (SSSR count). The molecular formula is C31H38N8O5. The molecule has 0 spiro atoms. The Morgan fingerprint density at radius 3 is 2.36 bits per heavy atom. The van der Waals surface area contributed by atoms with Crippen molar-refractivity contribution in [3.05, 3.63) is 49.1 Å². The quantitative estimate of drug-likeness (QED) is 0.347. The highest BCUT2D eigenvalue weighted by Gasteiger charge is 2.36. The molecule has 2 amide bonds. The van der Waals surface area contributed by atoms with Gasteiger partial charge in [0.25, 0.3) is 0 Å². The van der Waals surface area contributed by atoms with Gasteiger partial charge in [-0.05, 0) is 51.8 Å². The Kier molecular flexibility index (Phi) is 9.21. The molecule has 44 heavy (non-hydrogen) atoms. The van der Waals surface area contributed by atoms with Gasteiger partial charge in [-0.15, -0.1) is 0 Å². The summed E-state index contributed by atoms with van der Waals surface area (Å²) >= 11 is 0. The fourth-order valence-corrected chi connectivity index (χ4v) is 5.48. The number of carbonyl (C=O) groups is 3. The second kappa shape index (κ2) is 13.2. The number of carboxylic acid groups (broad SMARTS) is 1. The van der Waals surface area contributed by atoms with E-state index in [1.54, 1.807) is 41.8 Å². The van der Waals surface area contributed by atoms with E-state index in [2.05, 4.69) is 30.5 Å². The lowest BCUT2D eigenvalue weighted by atomic mass is 9.78. The molecule has 1 saturated heterocycles. The highest BCUT2D eigenvalue weighted by Crippen LogP contribution is 2.33. The molecule has 1 aliphatic heterocycles. The van der Waals surface area contributed by atoms with Gasteiger partial charge in [0.2, 0.25) is 5.91 Å². The lowest BCUT2D eigenvalue weighted by Crippen LogP contribution is -2.50. The lowest BCUT2D eigenvalue weighted by molar-refractivity contribution is -0.147. The number of carbonyl (C=O) groups excluding carboxylic acids is 2. The molecule has 2 fully saturated rings. The van der Waals surface area contributed by atoms with Crippen LogP contribution in [0.2, 0.25) is 0 Å². The van der Waals surface area contributed by atoms with Crippen molar-refractivity contribution in [2.45, 2.75) is 52.1 Å². The molecular weight excluding hydrogens is 564 g/mol. The van der Waals surface area contributed by atoms with Crippen molar-refractivity contribution in [2.24, 2.45) is 11.8 Å². The van der Waals surface area contributed by atoms with Gasteiger partial charge in [0, 0.05) is 62.1 Å². The maximum absolute atomic E-state index is 13.3. The Bertz CT molecular complexity index is 1490. The Hall–Kier alpha value is -4.81. The summed E-state index contributed by atoms with van der Waals surface area (Å²) in [6, 6.07) is 7.21. The summed E-state index contributed by atoms with van der Waals surface area (Å²) in [4.78, 5) is 59.2. The van der Waals surface area contributed by atoms with Crippen LogP contribution >= 0.6 is 0 Å². The highest BCUT2D eigenvalue weighted by atomic mass is 16.6. The van der Waals surface area contributed by atoms with E-state index in [0.29, 0.717) is 62.0 Å². The van der Waals surface area contributed by atoms with Crippen LogP contribution in [-0.2, 0) is 14.3 Å². The van der Waals surface area contributed by atoms with Crippen LogP contribution < -0.4 is 15.5 Å². The molecule has 2 atom stereocenters. The molecule has 1 aliphatic carbocycles. The molecule has 3 N–H and O–H groups in total. The van der Waals surface area contributed by atoms with Crippen LogP contribution in [0.3, 0.4) is 0 Å². The van der Waals surface area contributed by atoms with Crippen molar-refractivity contribution in [2.75, 3.05) is 41.7 Å². The minimum atomic E-state index is -0.943. The Morgan fingerprint density at radius 2 is 1.68 bits per heavy atom. The number of aliphatic carboxylic acids is 1. The summed E-state index contributed by atoms with van der Waals surface area (Å²) < 4.78 is 5.51. The minimum Gasteiger partial charge on any atom is -0.481 e. The molecule has 2 aliphatic rings. The molecule has 13 nitrogen and oxygen atoms in total. The van der Waals surface area contributed by atoms with Crippen molar-refractivity contribution in [1.29, 1.82) is 0 Å². The Morgan fingerprint density at radius 1 is 0.932 bits per heavy atom. The van der Waals surface area contributed by atoms with Crippen LogP contribution in [-0.4, -0.2) is 79.7 Å². The fraction of sp³-hybridized carbons (Fsp3) is 0.452. The van der Waals surface area contributed by atoms with Crippen LogP contribution in [0.4, 0.5) is 27.9 Å². The number of nitrogens with one attached hydrogen (secondary N) is 2. The largest absolute Gasteiger partial charge is 0.481 e. The minimum absolute atomic E-state index is 0.321. The van der Waals surface area contributed by atoms with Gasteiger partial charge in [0.05, 0.1) is 23.7 Å². The predicted octanol–water partition coefficient (Wildman–Crippen LogP) is 4.56. The van der Waals surface area contributed by atoms with Gasteiger partial charge in [0.15, 0.2) is 0 Å². The third-order valence-electron chi connectivity index (χ3n) is 7.63. The number of ether oxygens (including phenoxy) is 1. The summed E-state index contributed by atoms with van der Waals surface area (Å²) in [7, 11) is 0. The normalized spacial score (nSPS) is 18.8. The number of nitrogens with zero attached hydrogens (tertiary/aromatic N) is 6. The van der Waals surface area contributed by atoms with Gasteiger partial charge < -0.3 is 30.3 Å². The topological polar surface area (TPSA) is 163 Å². The number of aromatic nitrogens is 4. The van der Waals surface area contributed by atoms with Gasteiger partial charge >= 0.3 is 12.1 Å². The molecule has 232 valence electrons.